The van der Waals surface area contributed by atoms with Crippen LogP contribution in [-0.2, 0) is 11.2 Å². The van der Waals surface area contributed by atoms with Crippen molar-refractivity contribution in [1.29, 1.82) is 0 Å². The van der Waals surface area contributed by atoms with Gasteiger partial charge in [0.2, 0.25) is 5.91 Å². The Bertz CT molecular complexity index is 522. The number of hydrogen-bond acceptors (Lipinski definition) is 4. The lowest BCUT2D eigenvalue weighted by Gasteiger charge is -2.17. The molecule has 24 heavy (non-hydrogen) atoms. The normalized spacial score (nSPS) is 18.2. The molecule has 0 aliphatic carbocycles. The molecule has 0 saturated carbocycles. The topological polar surface area (TPSA) is 48.5 Å². The third-order valence-electron chi connectivity index (χ3n) is 5.05. The number of anilines is 1. The first-order chi connectivity index (χ1) is 11.8. The molecule has 0 radical (unpaired) electrons. The predicted molar refractivity (Wildman–Crippen MR) is 97.3 cm³/mol. The maximum Gasteiger partial charge on any atom is 0.220 e. The van der Waals surface area contributed by atoms with Gasteiger partial charge in [-0.15, -0.1) is 0 Å². The van der Waals surface area contributed by atoms with E-state index in [9.17, 15) is 4.79 Å². The zero-order valence-electron chi connectivity index (χ0n) is 14.7. The fourth-order valence-electron chi connectivity index (χ4n) is 3.62. The van der Waals surface area contributed by atoms with E-state index in [-0.39, 0.29) is 5.91 Å². The molecule has 2 aliphatic rings. The van der Waals surface area contributed by atoms with Crippen LogP contribution in [0, 0.1) is 0 Å². The van der Waals surface area contributed by atoms with Gasteiger partial charge >= 0.3 is 0 Å². The van der Waals surface area contributed by atoms with Crippen molar-refractivity contribution in [2.75, 3.05) is 44.2 Å². The molecular weight excluding hydrogens is 300 g/mol. The van der Waals surface area contributed by atoms with E-state index < -0.39 is 0 Å². The van der Waals surface area contributed by atoms with Crippen molar-refractivity contribution >= 4 is 11.7 Å². The van der Waals surface area contributed by atoms with Crippen LogP contribution in [0.5, 0.6) is 0 Å². The number of aromatic nitrogens is 1. The number of rotatable bonds is 8. The van der Waals surface area contributed by atoms with Crippen LogP contribution in [0.25, 0.3) is 0 Å². The van der Waals surface area contributed by atoms with Gasteiger partial charge in [0, 0.05) is 32.3 Å². The van der Waals surface area contributed by atoms with Crippen LogP contribution in [0.4, 0.5) is 5.82 Å². The molecule has 1 N–H and O–H groups in total. The first kappa shape index (κ1) is 17.2. The smallest absolute Gasteiger partial charge is 0.220 e. The Balaban J connectivity index is 1.34. The number of aryl methyl sites for hydroxylation is 1. The molecule has 2 fully saturated rings. The van der Waals surface area contributed by atoms with Crippen molar-refractivity contribution in [2.24, 2.45) is 0 Å². The third-order valence-corrected chi connectivity index (χ3v) is 5.05. The highest BCUT2D eigenvalue weighted by molar-refractivity contribution is 5.76. The lowest BCUT2D eigenvalue weighted by molar-refractivity contribution is -0.121. The lowest BCUT2D eigenvalue weighted by Crippen LogP contribution is -2.28. The molecule has 0 spiro atoms. The van der Waals surface area contributed by atoms with Gasteiger partial charge in [0.05, 0.1) is 0 Å². The molecule has 0 bridgehead atoms. The van der Waals surface area contributed by atoms with Gasteiger partial charge in [0.15, 0.2) is 0 Å². The SMILES string of the molecule is O=C(CCc1ccnc(N2CCCC2)c1)NCCCN1CCCC1. The Morgan fingerprint density at radius 3 is 2.67 bits per heavy atom. The molecule has 0 aromatic carbocycles. The minimum Gasteiger partial charge on any atom is -0.357 e. The first-order valence-electron chi connectivity index (χ1n) is 9.50. The van der Waals surface area contributed by atoms with E-state index in [1.54, 1.807) is 0 Å². The van der Waals surface area contributed by atoms with E-state index in [1.807, 2.05) is 12.3 Å². The highest BCUT2D eigenvalue weighted by Crippen LogP contribution is 2.19. The molecule has 1 amide bonds. The van der Waals surface area contributed by atoms with E-state index in [0.29, 0.717) is 6.42 Å². The first-order valence-corrected chi connectivity index (χ1v) is 9.50. The van der Waals surface area contributed by atoms with Crippen molar-refractivity contribution in [3.05, 3.63) is 23.9 Å². The largest absolute Gasteiger partial charge is 0.357 e. The summed E-state index contributed by atoms with van der Waals surface area (Å²) in [5, 5.41) is 3.05. The molecule has 1 aromatic rings. The van der Waals surface area contributed by atoms with Gasteiger partial charge < -0.3 is 15.1 Å². The molecular formula is C19H30N4O. The van der Waals surface area contributed by atoms with Gasteiger partial charge in [-0.3, -0.25) is 4.79 Å². The van der Waals surface area contributed by atoms with Gasteiger partial charge in [-0.1, -0.05) is 0 Å². The van der Waals surface area contributed by atoms with Crippen molar-refractivity contribution in [3.8, 4) is 0 Å². The zero-order chi connectivity index (χ0) is 16.6. The summed E-state index contributed by atoms with van der Waals surface area (Å²) < 4.78 is 0. The number of carbonyl (C=O) groups is 1. The van der Waals surface area contributed by atoms with Crippen molar-refractivity contribution in [2.45, 2.75) is 44.9 Å². The van der Waals surface area contributed by atoms with E-state index >= 15 is 0 Å². The number of hydrogen-bond donors (Lipinski definition) is 1. The number of carbonyl (C=O) groups excluding carboxylic acids is 1. The van der Waals surface area contributed by atoms with E-state index in [2.05, 4.69) is 26.2 Å². The van der Waals surface area contributed by atoms with Crippen LogP contribution in [0.3, 0.4) is 0 Å². The Hall–Kier alpha value is -1.62. The van der Waals surface area contributed by atoms with Gasteiger partial charge in [-0.25, -0.2) is 4.98 Å². The van der Waals surface area contributed by atoms with Crippen LogP contribution in [0.15, 0.2) is 18.3 Å². The summed E-state index contributed by atoms with van der Waals surface area (Å²) in [7, 11) is 0. The summed E-state index contributed by atoms with van der Waals surface area (Å²) in [6, 6.07) is 4.17. The predicted octanol–water partition coefficient (Wildman–Crippen LogP) is 2.22. The molecule has 3 heterocycles. The highest BCUT2D eigenvalue weighted by Gasteiger charge is 2.14. The van der Waals surface area contributed by atoms with E-state index in [4.69, 9.17) is 0 Å². The molecule has 0 unspecified atom stereocenters. The van der Waals surface area contributed by atoms with Crippen molar-refractivity contribution in [3.63, 3.8) is 0 Å². The van der Waals surface area contributed by atoms with E-state index in [1.165, 1.54) is 44.3 Å². The number of likely N-dealkylation sites (tertiary alicyclic amines) is 1. The van der Waals surface area contributed by atoms with Crippen molar-refractivity contribution in [1.82, 2.24) is 15.2 Å². The van der Waals surface area contributed by atoms with Crippen LogP contribution < -0.4 is 10.2 Å². The monoisotopic (exact) mass is 330 g/mol. The molecule has 2 aliphatic heterocycles. The molecule has 5 heteroatoms. The molecule has 3 rings (SSSR count). The molecule has 132 valence electrons. The van der Waals surface area contributed by atoms with Crippen LogP contribution in [-0.4, -0.2) is 55.1 Å². The third kappa shape index (κ3) is 5.20. The standard InChI is InChI=1S/C19H30N4O/c24-19(21-9-5-13-22-11-1-2-12-22)7-6-17-8-10-20-18(16-17)23-14-3-4-15-23/h8,10,16H,1-7,9,11-15H2,(H,21,24). The van der Waals surface area contributed by atoms with Gasteiger partial charge in [0.1, 0.15) is 5.82 Å². The summed E-state index contributed by atoms with van der Waals surface area (Å²) in [6.07, 6.45) is 9.46. The Labute approximate surface area is 145 Å². The Kier molecular flexibility index (Phi) is 6.47. The molecule has 2 saturated heterocycles. The maximum atomic E-state index is 12.0. The number of nitrogens with one attached hydrogen (secondary N) is 1. The maximum absolute atomic E-state index is 12.0. The molecule has 0 atom stereocenters. The van der Waals surface area contributed by atoms with E-state index in [0.717, 1.165) is 44.8 Å². The second-order valence-corrected chi connectivity index (χ2v) is 6.97. The van der Waals surface area contributed by atoms with Crippen LogP contribution in [0.1, 0.15) is 44.1 Å². The number of amides is 1. The minimum absolute atomic E-state index is 0.163. The minimum atomic E-state index is 0.163. The van der Waals surface area contributed by atoms with Crippen molar-refractivity contribution < 1.29 is 4.79 Å². The zero-order valence-corrected chi connectivity index (χ0v) is 14.7. The van der Waals surface area contributed by atoms with Gasteiger partial charge in [-0.05, 0) is 75.9 Å². The second-order valence-electron chi connectivity index (χ2n) is 6.97. The number of pyridine rings is 1. The number of nitrogens with zero attached hydrogens (tertiary/aromatic N) is 3. The fourth-order valence-corrected chi connectivity index (χ4v) is 3.62. The average Bonchev–Trinajstić information content (AvgIpc) is 3.30. The van der Waals surface area contributed by atoms with Crippen LogP contribution >= 0.6 is 0 Å². The van der Waals surface area contributed by atoms with Crippen LogP contribution in [0.2, 0.25) is 0 Å². The summed E-state index contributed by atoms with van der Waals surface area (Å²) in [5.74, 6) is 1.23. The summed E-state index contributed by atoms with van der Waals surface area (Å²) in [4.78, 5) is 21.3. The molecule has 1 aromatic heterocycles. The lowest BCUT2D eigenvalue weighted by atomic mass is 10.1. The quantitative estimate of drug-likeness (QED) is 0.743. The Morgan fingerprint density at radius 1 is 1.12 bits per heavy atom. The molecule has 5 nitrogen and oxygen atoms in total. The average molecular weight is 330 g/mol. The second kappa shape index (κ2) is 9.02. The van der Waals surface area contributed by atoms with Gasteiger partial charge in [-0.2, -0.15) is 0 Å². The fraction of sp³-hybridized carbons (Fsp3) is 0.684. The summed E-state index contributed by atoms with van der Waals surface area (Å²) in [6.45, 7) is 6.58. The summed E-state index contributed by atoms with van der Waals surface area (Å²) >= 11 is 0. The highest BCUT2D eigenvalue weighted by atomic mass is 16.1. The Morgan fingerprint density at radius 2 is 1.88 bits per heavy atom. The summed E-state index contributed by atoms with van der Waals surface area (Å²) in [5.41, 5.74) is 1.21. The van der Waals surface area contributed by atoms with Gasteiger partial charge in [0.25, 0.3) is 0 Å².